The summed E-state index contributed by atoms with van der Waals surface area (Å²) in [5.74, 6) is 1.57. The van der Waals surface area contributed by atoms with E-state index in [4.69, 9.17) is 4.74 Å². The van der Waals surface area contributed by atoms with Crippen molar-refractivity contribution in [2.45, 2.75) is 6.04 Å². The first-order valence-electron chi connectivity index (χ1n) is 8.81. The van der Waals surface area contributed by atoms with Gasteiger partial charge in [0.05, 0.1) is 0 Å². The van der Waals surface area contributed by atoms with Crippen LogP contribution in [0.5, 0.6) is 5.75 Å². The molecule has 0 saturated carbocycles. The van der Waals surface area contributed by atoms with Crippen LogP contribution in [-0.4, -0.2) is 46.6 Å². The Morgan fingerprint density at radius 1 is 1.27 bits per heavy atom. The summed E-state index contributed by atoms with van der Waals surface area (Å²) in [4.78, 5) is 19.1. The van der Waals surface area contributed by atoms with Crippen molar-refractivity contribution in [2.75, 3.05) is 26.2 Å². The molecule has 6 nitrogen and oxygen atoms in total. The van der Waals surface area contributed by atoms with E-state index in [2.05, 4.69) is 16.4 Å². The van der Waals surface area contributed by atoms with Crippen molar-refractivity contribution in [3.63, 3.8) is 0 Å². The molecule has 1 amide bonds. The Labute approximate surface area is 152 Å². The van der Waals surface area contributed by atoms with Gasteiger partial charge in [0.15, 0.2) is 6.61 Å². The van der Waals surface area contributed by atoms with Crippen molar-refractivity contribution < 1.29 is 9.53 Å². The lowest BCUT2D eigenvalue weighted by molar-refractivity contribution is -0.137. The van der Waals surface area contributed by atoms with Gasteiger partial charge in [-0.3, -0.25) is 4.79 Å². The van der Waals surface area contributed by atoms with Crippen molar-refractivity contribution in [1.82, 2.24) is 19.8 Å². The lowest BCUT2D eigenvalue weighted by atomic mass is 10.1. The molecule has 134 valence electrons. The third-order valence-corrected chi connectivity index (χ3v) is 4.80. The Bertz CT molecular complexity index is 921. The second-order valence-electron chi connectivity index (χ2n) is 6.50. The number of carbonyl (C=O) groups is 1. The van der Waals surface area contributed by atoms with Gasteiger partial charge in [-0.25, -0.2) is 4.98 Å². The Morgan fingerprint density at radius 3 is 2.92 bits per heavy atom. The minimum Gasteiger partial charge on any atom is -0.484 e. The van der Waals surface area contributed by atoms with Crippen LogP contribution in [0.15, 0.2) is 54.9 Å². The van der Waals surface area contributed by atoms with E-state index in [1.165, 1.54) is 0 Å². The van der Waals surface area contributed by atoms with Crippen molar-refractivity contribution in [3.8, 4) is 5.75 Å². The summed E-state index contributed by atoms with van der Waals surface area (Å²) in [6.07, 6.45) is 3.66. The van der Waals surface area contributed by atoms with Gasteiger partial charge >= 0.3 is 0 Å². The zero-order chi connectivity index (χ0) is 17.9. The van der Waals surface area contributed by atoms with Crippen LogP contribution in [0.4, 0.5) is 0 Å². The first kappa shape index (κ1) is 16.6. The highest BCUT2D eigenvalue weighted by atomic mass is 16.5. The fraction of sp³-hybridized carbons (Fsp3) is 0.300. The van der Waals surface area contributed by atoms with Crippen molar-refractivity contribution in [1.29, 1.82) is 0 Å². The molecule has 2 aromatic carbocycles. The van der Waals surface area contributed by atoms with Crippen LogP contribution >= 0.6 is 0 Å². The standard InChI is InChI=1S/C20H22N4O2/c1-23-10-9-22-20(23)18-13-21-8-11-24(18)19(25)14-26-17-7-6-15-4-2-3-5-16(15)12-17/h2-7,9-10,12,18,21H,8,11,13-14H2,1H3. The number of aryl methyl sites for hydroxylation is 1. The van der Waals surface area contributed by atoms with Gasteiger partial charge in [-0.15, -0.1) is 0 Å². The molecule has 0 aliphatic carbocycles. The molecule has 6 heteroatoms. The zero-order valence-electron chi connectivity index (χ0n) is 14.8. The predicted molar refractivity (Wildman–Crippen MR) is 100.0 cm³/mol. The molecule has 0 spiro atoms. The molecule has 1 atom stereocenters. The maximum atomic E-state index is 12.8. The van der Waals surface area contributed by atoms with Crippen molar-refractivity contribution in [3.05, 3.63) is 60.7 Å². The number of ether oxygens (including phenoxy) is 1. The highest BCUT2D eigenvalue weighted by molar-refractivity contribution is 5.84. The Hall–Kier alpha value is -2.86. The highest BCUT2D eigenvalue weighted by Gasteiger charge is 2.30. The second kappa shape index (κ2) is 7.17. The number of nitrogens with zero attached hydrogens (tertiary/aromatic N) is 3. The molecule has 4 rings (SSSR count). The fourth-order valence-corrected chi connectivity index (χ4v) is 3.42. The summed E-state index contributed by atoms with van der Waals surface area (Å²) in [5, 5.41) is 5.60. The second-order valence-corrected chi connectivity index (χ2v) is 6.50. The number of aromatic nitrogens is 2. The number of imidazole rings is 1. The van der Waals surface area contributed by atoms with Crippen LogP contribution in [-0.2, 0) is 11.8 Å². The van der Waals surface area contributed by atoms with Crippen molar-refractivity contribution in [2.24, 2.45) is 7.05 Å². The number of carbonyl (C=O) groups excluding carboxylic acids is 1. The molecule has 0 bridgehead atoms. The monoisotopic (exact) mass is 350 g/mol. The van der Waals surface area contributed by atoms with Crippen molar-refractivity contribution >= 4 is 16.7 Å². The number of benzene rings is 2. The Balaban J connectivity index is 1.46. The van der Waals surface area contributed by atoms with E-state index in [1.54, 1.807) is 6.20 Å². The molecule has 1 aliphatic heterocycles. The minimum absolute atomic E-state index is 0.0207. The topological polar surface area (TPSA) is 59.4 Å². The normalized spacial score (nSPS) is 17.4. The van der Waals surface area contributed by atoms with Gasteiger partial charge in [0.1, 0.15) is 17.6 Å². The maximum absolute atomic E-state index is 12.8. The number of fused-ring (bicyclic) bond motifs is 1. The summed E-state index contributed by atoms with van der Waals surface area (Å²) in [7, 11) is 1.95. The van der Waals surface area contributed by atoms with E-state index in [-0.39, 0.29) is 18.6 Å². The average Bonchev–Trinajstić information content (AvgIpc) is 3.11. The largest absolute Gasteiger partial charge is 0.484 e. The number of hydrogen-bond acceptors (Lipinski definition) is 4. The van der Waals surface area contributed by atoms with Gasteiger partial charge in [0.25, 0.3) is 5.91 Å². The Kier molecular flexibility index (Phi) is 4.58. The minimum atomic E-state index is -0.0727. The summed E-state index contributed by atoms with van der Waals surface area (Å²) >= 11 is 0. The van der Waals surface area contributed by atoms with Crippen LogP contribution in [0.25, 0.3) is 10.8 Å². The van der Waals surface area contributed by atoms with Gasteiger partial charge in [-0.1, -0.05) is 30.3 Å². The van der Waals surface area contributed by atoms with E-state index >= 15 is 0 Å². The predicted octanol–water partition coefficient (Wildman–Crippen LogP) is 2.13. The average molecular weight is 350 g/mol. The molecule has 1 N–H and O–H groups in total. The van der Waals surface area contributed by atoms with Gasteiger partial charge in [0.2, 0.25) is 0 Å². The molecule has 1 aliphatic rings. The van der Waals surface area contributed by atoms with Crippen LogP contribution < -0.4 is 10.1 Å². The van der Waals surface area contributed by atoms with E-state index < -0.39 is 0 Å². The zero-order valence-corrected chi connectivity index (χ0v) is 14.8. The van der Waals surface area contributed by atoms with Gasteiger partial charge in [-0.2, -0.15) is 0 Å². The molecule has 1 saturated heterocycles. The molecule has 0 radical (unpaired) electrons. The maximum Gasteiger partial charge on any atom is 0.261 e. The first-order chi connectivity index (χ1) is 12.7. The summed E-state index contributed by atoms with van der Waals surface area (Å²) in [6.45, 7) is 2.16. The summed E-state index contributed by atoms with van der Waals surface area (Å²) < 4.78 is 7.75. The molecule has 26 heavy (non-hydrogen) atoms. The summed E-state index contributed by atoms with van der Waals surface area (Å²) in [5.41, 5.74) is 0. The van der Waals surface area contributed by atoms with Gasteiger partial charge in [0, 0.05) is 39.1 Å². The number of rotatable bonds is 4. The fourth-order valence-electron chi connectivity index (χ4n) is 3.42. The lowest BCUT2D eigenvalue weighted by Gasteiger charge is -2.35. The van der Waals surface area contributed by atoms with E-state index in [0.29, 0.717) is 18.8 Å². The molecule has 1 fully saturated rings. The van der Waals surface area contributed by atoms with Crippen LogP contribution in [0.2, 0.25) is 0 Å². The van der Waals surface area contributed by atoms with E-state index in [0.717, 1.165) is 23.1 Å². The molecular formula is C20H22N4O2. The van der Waals surface area contributed by atoms with Crippen LogP contribution in [0.3, 0.4) is 0 Å². The molecule has 1 unspecified atom stereocenters. The SMILES string of the molecule is Cn1ccnc1C1CNCCN1C(=O)COc1ccc2ccccc2c1. The van der Waals surface area contributed by atoms with Gasteiger partial charge in [-0.05, 0) is 22.9 Å². The summed E-state index contributed by atoms with van der Waals surface area (Å²) in [6, 6.07) is 13.9. The van der Waals surface area contributed by atoms with E-state index in [9.17, 15) is 4.79 Å². The van der Waals surface area contributed by atoms with Crippen LogP contribution in [0, 0.1) is 0 Å². The molecule has 1 aromatic heterocycles. The van der Waals surface area contributed by atoms with Crippen LogP contribution in [0.1, 0.15) is 11.9 Å². The first-order valence-corrected chi connectivity index (χ1v) is 8.81. The highest BCUT2D eigenvalue weighted by Crippen LogP contribution is 2.23. The molecular weight excluding hydrogens is 328 g/mol. The van der Waals surface area contributed by atoms with E-state index in [1.807, 2.05) is 59.1 Å². The lowest BCUT2D eigenvalue weighted by Crippen LogP contribution is -2.50. The number of amides is 1. The van der Waals surface area contributed by atoms with Gasteiger partial charge < -0.3 is 19.5 Å². The third kappa shape index (κ3) is 3.28. The number of hydrogen-bond donors (Lipinski definition) is 1. The smallest absolute Gasteiger partial charge is 0.261 e. The Morgan fingerprint density at radius 2 is 2.12 bits per heavy atom. The molecule has 2 heterocycles. The number of piperazine rings is 1. The molecule has 3 aromatic rings. The quantitative estimate of drug-likeness (QED) is 0.783. The third-order valence-electron chi connectivity index (χ3n) is 4.80. The number of nitrogens with one attached hydrogen (secondary N) is 1.